The highest BCUT2D eigenvalue weighted by Gasteiger charge is 2.08. The van der Waals surface area contributed by atoms with Gasteiger partial charge in [0.15, 0.2) is 0 Å². The van der Waals surface area contributed by atoms with Crippen LogP contribution in [0.15, 0.2) is 30.0 Å². The lowest BCUT2D eigenvalue weighted by Crippen LogP contribution is -2.21. The summed E-state index contributed by atoms with van der Waals surface area (Å²) < 4.78 is 0. The van der Waals surface area contributed by atoms with E-state index in [0.717, 1.165) is 18.7 Å². The van der Waals surface area contributed by atoms with Crippen molar-refractivity contribution in [2.24, 2.45) is 0 Å². The lowest BCUT2D eigenvalue weighted by Gasteiger charge is -2.14. The number of halogens is 1. The van der Waals surface area contributed by atoms with Gasteiger partial charge in [-0.15, -0.1) is 0 Å². The van der Waals surface area contributed by atoms with E-state index in [1.165, 1.54) is 5.57 Å². The predicted molar refractivity (Wildman–Crippen MR) is 69.7 cm³/mol. The topological polar surface area (TPSA) is 24.9 Å². The fourth-order valence-electron chi connectivity index (χ4n) is 1.45. The molecule has 16 heavy (non-hydrogen) atoms. The molecule has 1 aromatic rings. The molecule has 1 N–H and O–H groups in total. The third-order valence-electron chi connectivity index (χ3n) is 2.18. The standard InChI is InChI=1S/C13H19ClN2/c1-4-7-15-13(8-10(2)3)12-6-5-11(14)9-16-12/h5-6,8-9,13,15H,4,7H2,1-3H3. The van der Waals surface area contributed by atoms with Crippen molar-refractivity contribution in [3.63, 3.8) is 0 Å². The molecule has 1 unspecified atom stereocenters. The summed E-state index contributed by atoms with van der Waals surface area (Å²) in [7, 11) is 0. The Bertz CT molecular complexity index is 339. The highest BCUT2D eigenvalue weighted by Crippen LogP contribution is 2.16. The number of rotatable bonds is 5. The Kier molecular flexibility index (Phi) is 5.50. The molecule has 88 valence electrons. The lowest BCUT2D eigenvalue weighted by atomic mass is 10.1. The van der Waals surface area contributed by atoms with Gasteiger partial charge in [0.1, 0.15) is 0 Å². The summed E-state index contributed by atoms with van der Waals surface area (Å²) in [6.07, 6.45) is 4.99. The molecule has 1 aromatic heterocycles. The minimum absolute atomic E-state index is 0.183. The van der Waals surface area contributed by atoms with E-state index < -0.39 is 0 Å². The van der Waals surface area contributed by atoms with Crippen LogP contribution in [0.1, 0.15) is 38.9 Å². The molecule has 0 saturated carbocycles. The molecule has 0 aliphatic heterocycles. The Labute approximate surface area is 103 Å². The third-order valence-corrected chi connectivity index (χ3v) is 2.41. The highest BCUT2D eigenvalue weighted by molar-refractivity contribution is 6.30. The third kappa shape index (κ3) is 4.33. The van der Waals surface area contributed by atoms with Crippen LogP contribution >= 0.6 is 11.6 Å². The molecule has 0 aliphatic rings. The molecular formula is C13H19ClN2. The molecule has 0 spiro atoms. The Hall–Kier alpha value is -0.860. The van der Waals surface area contributed by atoms with Gasteiger partial charge in [0, 0.05) is 6.20 Å². The minimum atomic E-state index is 0.183. The molecule has 2 nitrogen and oxygen atoms in total. The van der Waals surface area contributed by atoms with Gasteiger partial charge >= 0.3 is 0 Å². The van der Waals surface area contributed by atoms with E-state index in [0.29, 0.717) is 5.02 Å². The van der Waals surface area contributed by atoms with Gasteiger partial charge in [-0.25, -0.2) is 0 Å². The van der Waals surface area contributed by atoms with Crippen LogP contribution in [0.2, 0.25) is 5.02 Å². The number of pyridine rings is 1. The van der Waals surface area contributed by atoms with Gasteiger partial charge < -0.3 is 5.32 Å². The molecule has 1 heterocycles. The first-order chi connectivity index (χ1) is 7.63. The summed E-state index contributed by atoms with van der Waals surface area (Å²) in [5.41, 5.74) is 2.30. The fourth-order valence-corrected chi connectivity index (χ4v) is 1.57. The Morgan fingerprint density at radius 1 is 1.50 bits per heavy atom. The summed E-state index contributed by atoms with van der Waals surface area (Å²) in [5, 5.41) is 4.13. The predicted octanol–water partition coefficient (Wildman–Crippen LogP) is 3.74. The fraction of sp³-hybridized carbons (Fsp3) is 0.462. The number of nitrogens with one attached hydrogen (secondary N) is 1. The first-order valence-corrected chi connectivity index (χ1v) is 6.01. The molecule has 0 saturated heterocycles. The average Bonchev–Trinajstić information content (AvgIpc) is 2.25. The van der Waals surface area contributed by atoms with Crippen LogP contribution in [-0.2, 0) is 0 Å². The normalized spacial score (nSPS) is 12.2. The van der Waals surface area contributed by atoms with Crippen molar-refractivity contribution < 1.29 is 0 Å². The average molecular weight is 239 g/mol. The van der Waals surface area contributed by atoms with Crippen LogP contribution in [0.4, 0.5) is 0 Å². The largest absolute Gasteiger partial charge is 0.305 e. The Morgan fingerprint density at radius 2 is 2.25 bits per heavy atom. The van der Waals surface area contributed by atoms with Crippen LogP contribution in [0.25, 0.3) is 0 Å². The maximum atomic E-state index is 5.83. The zero-order valence-corrected chi connectivity index (χ0v) is 10.9. The summed E-state index contributed by atoms with van der Waals surface area (Å²) >= 11 is 5.83. The van der Waals surface area contributed by atoms with Crippen molar-refractivity contribution in [1.29, 1.82) is 0 Å². The number of aromatic nitrogens is 1. The SMILES string of the molecule is CCCNC(C=C(C)C)c1ccc(Cl)cn1. The second kappa shape index (κ2) is 6.66. The van der Waals surface area contributed by atoms with E-state index in [1.807, 2.05) is 12.1 Å². The van der Waals surface area contributed by atoms with Crippen LogP contribution in [0.5, 0.6) is 0 Å². The van der Waals surface area contributed by atoms with Gasteiger partial charge in [-0.05, 0) is 38.9 Å². The van der Waals surface area contributed by atoms with E-state index in [2.05, 4.69) is 37.1 Å². The molecule has 1 rings (SSSR count). The monoisotopic (exact) mass is 238 g/mol. The van der Waals surface area contributed by atoms with Crippen molar-refractivity contribution >= 4 is 11.6 Å². The Balaban J connectivity index is 2.83. The van der Waals surface area contributed by atoms with Crippen LogP contribution < -0.4 is 5.32 Å². The van der Waals surface area contributed by atoms with E-state index >= 15 is 0 Å². The highest BCUT2D eigenvalue weighted by atomic mass is 35.5. The van der Waals surface area contributed by atoms with Crippen molar-refractivity contribution in [3.05, 3.63) is 40.7 Å². The van der Waals surface area contributed by atoms with Crippen molar-refractivity contribution in [2.45, 2.75) is 33.2 Å². The van der Waals surface area contributed by atoms with Crippen LogP contribution in [0, 0.1) is 0 Å². The molecule has 1 atom stereocenters. The van der Waals surface area contributed by atoms with Crippen molar-refractivity contribution in [2.75, 3.05) is 6.54 Å². The first kappa shape index (κ1) is 13.2. The second-order valence-corrected chi connectivity index (χ2v) is 4.51. The Morgan fingerprint density at radius 3 is 2.75 bits per heavy atom. The maximum absolute atomic E-state index is 5.83. The van der Waals surface area contributed by atoms with Gasteiger partial charge in [0.2, 0.25) is 0 Å². The number of allylic oxidation sites excluding steroid dienone is 1. The summed E-state index contributed by atoms with van der Waals surface area (Å²) in [6.45, 7) is 7.33. The zero-order valence-electron chi connectivity index (χ0n) is 10.1. The molecule has 0 aromatic carbocycles. The summed E-state index contributed by atoms with van der Waals surface area (Å²) in [4.78, 5) is 4.35. The molecule has 0 aliphatic carbocycles. The lowest BCUT2D eigenvalue weighted by molar-refractivity contribution is 0.598. The molecule has 0 amide bonds. The zero-order chi connectivity index (χ0) is 12.0. The maximum Gasteiger partial charge on any atom is 0.0683 e. The number of nitrogens with zero attached hydrogens (tertiary/aromatic N) is 1. The van der Waals surface area contributed by atoms with E-state index in [9.17, 15) is 0 Å². The van der Waals surface area contributed by atoms with Crippen LogP contribution in [0.3, 0.4) is 0 Å². The van der Waals surface area contributed by atoms with Crippen molar-refractivity contribution in [3.8, 4) is 0 Å². The van der Waals surface area contributed by atoms with Gasteiger partial charge in [0.05, 0.1) is 16.8 Å². The quantitative estimate of drug-likeness (QED) is 0.791. The van der Waals surface area contributed by atoms with E-state index in [1.54, 1.807) is 6.20 Å². The van der Waals surface area contributed by atoms with Crippen molar-refractivity contribution in [1.82, 2.24) is 10.3 Å². The molecule has 0 fully saturated rings. The summed E-state index contributed by atoms with van der Waals surface area (Å²) in [5.74, 6) is 0. The van der Waals surface area contributed by atoms with E-state index in [4.69, 9.17) is 11.6 Å². The second-order valence-electron chi connectivity index (χ2n) is 4.08. The number of hydrogen-bond donors (Lipinski definition) is 1. The van der Waals surface area contributed by atoms with Crippen LogP contribution in [-0.4, -0.2) is 11.5 Å². The van der Waals surface area contributed by atoms with Gasteiger partial charge in [-0.1, -0.05) is 30.2 Å². The van der Waals surface area contributed by atoms with Gasteiger partial charge in [0.25, 0.3) is 0 Å². The molecule has 3 heteroatoms. The van der Waals surface area contributed by atoms with E-state index in [-0.39, 0.29) is 6.04 Å². The first-order valence-electron chi connectivity index (χ1n) is 5.63. The molecule has 0 bridgehead atoms. The van der Waals surface area contributed by atoms with Gasteiger partial charge in [-0.2, -0.15) is 0 Å². The smallest absolute Gasteiger partial charge is 0.0683 e. The molecule has 0 radical (unpaired) electrons. The van der Waals surface area contributed by atoms with Gasteiger partial charge in [-0.3, -0.25) is 4.98 Å². The molecular weight excluding hydrogens is 220 g/mol. The number of hydrogen-bond acceptors (Lipinski definition) is 2. The minimum Gasteiger partial charge on any atom is -0.305 e. The summed E-state index contributed by atoms with van der Waals surface area (Å²) in [6, 6.07) is 4.03.